The van der Waals surface area contributed by atoms with Crippen molar-refractivity contribution >= 4 is 22.1 Å². The normalized spacial score (nSPS) is 9.43. The number of carbonyl (C=O) groups is 2. The molecule has 0 unspecified atom stereocenters. The quantitative estimate of drug-likeness (QED) is 0.375. The molecule has 8 heteroatoms. The van der Waals surface area contributed by atoms with Crippen molar-refractivity contribution < 1.29 is 32.0 Å². The van der Waals surface area contributed by atoms with E-state index in [2.05, 4.69) is 9.47 Å². The third-order valence-corrected chi connectivity index (χ3v) is 0.744. The number of ether oxygens (including phenoxy) is 2. The Balaban J connectivity index is 0. The fraction of sp³-hybridized carbons (Fsp3) is 0.667. The zero-order valence-electron chi connectivity index (χ0n) is 8.01. The standard InChI is InChI=1S/C5H8O4.CH4O3S/c1-8-4(6)3-5(7)9-2;1-5(2,3)4/h3H2,1-2H3;1H3,(H,2,3,4). The Morgan fingerprint density at radius 3 is 1.50 bits per heavy atom. The van der Waals surface area contributed by atoms with Gasteiger partial charge in [0, 0.05) is 0 Å². The van der Waals surface area contributed by atoms with Crippen LogP contribution in [0, 0.1) is 0 Å². The van der Waals surface area contributed by atoms with Crippen molar-refractivity contribution in [2.45, 2.75) is 6.42 Å². The van der Waals surface area contributed by atoms with Gasteiger partial charge in [0.05, 0.1) is 20.5 Å². The Hall–Kier alpha value is -1.15. The van der Waals surface area contributed by atoms with Crippen LogP contribution in [0.5, 0.6) is 0 Å². The van der Waals surface area contributed by atoms with Crippen molar-refractivity contribution in [2.75, 3.05) is 20.5 Å². The molecule has 7 nitrogen and oxygen atoms in total. The molecular formula is C6H12O7S. The molecule has 14 heavy (non-hydrogen) atoms. The van der Waals surface area contributed by atoms with E-state index >= 15 is 0 Å². The predicted octanol–water partition coefficient (Wildman–Crippen LogP) is -0.773. The summed E-state index contributed by atoms with van der Waals surface area (Å²) in [6.45, 7) is 0. The molecule has 0 aliphatic carbocycles. The summed E-state index contributed by atoms with van der Waals surface area (Å²) in [4.78, 5) is 20.5. The van der Waals surface area contributed by atoms with Crippen LogP contribution in [0.2, 0.25) is 0 Å². The van der Waals surface area contributed by atoms with Crippen LogP contribution in [0.25, 0.3) is 0 Å². The van der Waals surface area contributed by atoms with E-state index in [9.17, 15) is 18.0 Å². The summed E-state index contributed by atoms with van der Waals surface area (Å²) in [5.41, 5.74) is 0. The summed E-state index contributed by atoms with van der Waals surface area (Å²) in [6.07, 6.45) is 0.403. The number of rotatable bonds is 2. The smallest absolute Gasteiger partial charge is 0.316 e. The maximum atomic E-state index is 10.3. The summed E-state index contributed by atoms with van der Waals surface area (Å²) in [5, 5.41) is 0. The van der Waals surface area contributed by atoms with Gasteiger partial charge in [-0.25, -0.2) is 0 Å². The molecule has 0 heterocycles. The van der Waals surface area contributed by atoms with Crippen LogP contribution < -0.4 is 0 Å². The fourth-order valence-corrected chi connectivity index (χ4v) is 0.262. The van der Waals surface area contributed by atoms with E-state index in [4.69, 9.17) is 4.55 Å². The minimum absolute atomic E-state index is 0.312. The molecule has 0 fully saturated rings. The number of methoxy groups -OCH3 is 2. The van der Waals surface area contributed by atoms with Gasteiger partial charge in [-0.2, -0.15) is 8.42 Å². The van der Waals surface area contributed by atoms with E-state index in [1.54, 1.807) is 0 Å². The largest absolute Gasteiger partial charge is 0.469 e. The average Bonchev–Trinajstić information content (AvgIpc) is 2.01. The summed E-state index contributed by atoms with van der Waals surface area (Å²) in [7, 11) is -1.24. The van der Waals surface area contributed by atoms with Crippen molar-refractivity contribution in [3.05, 3.63) is 0 Å². The van der Waals surface area contributed by atoms with Crippen molar-refractivity contribution in [1.29, 1.82) is 0 Å². The molecule has 0 aromatic heterocycles. The zero-order valence-corrected chi connectivity index (χ0v) is 8.83. The molecule has 0 aliphatic rings. The molecule has 0 aliphatic heterocycles. The molecule has 0 saturated heterocycles. The van der Waals surface area contributed by atoms with Crippen LogP contribution in [0.1, 0.15) is 6.42 Å². The van der Waals surface area contributed by atoms with Crippen molar-refractivity contribution in [3.8, 4) is 0 Å². The number of carbonyl (C=O) groups excluding carboxylic acids is 2. The third kappa shape index (κ3) is 22.4. The Morgan fingerprint density at radius 2 is 1.36 bits per heavy atom. The van der Waals surface area contributed by atoms with Crippen LogP contribution in [0.4, 0.5) is 0 Å². The molecule has 0 rings (SSSR count). The van der Waals surface area contributed by atoms with E-state index in [1.807, 2.05) is 0 Å². The first-order valence-electron chi connectivity index (χ1n) is 3.26. The zero-order chi connectivity index (χ0) is 11.8. The molecule has 84 valence electrons. The van der Waals surface area contributed by atoms with Gasteiger partial charge in [0.2, 0.25) is 0 Å². The number of hydrogen-bond acceptors (Lipinski definition) is 6. The van der Waals surface area contributed by atoms with Crippen molar-refractivity contribution in [3.63, 3.8) is 0 Å². The third-order valence-electron chi connectivity index (χ3n) is 0.744. The van der Waals surface area contributed by atoms with E-state index in [0.29, 0.717) is 6.26 Å². The molecule has 0 saturated carbocycles. The highest BCUT2D eigenvalue weighted by Gasteiger charge is 2.07. The highest BCUT2D eigenvalue weighted by Crippen LogP contribution is 1.85. The Kier molecular flexibility index (Phi) is 7.96. The highest BCUT2D eigenvalue weighted by molar-refractivity contribution is 7.85. The summed E-state index contributed by atoms with van der Waals surface area (Å²) in [5.74, 6) is -1.16. The lowest BCUT2D eigenvalue weighted by Crippen LogP contribution is -2.09. The number of hydrogen-bond donors (Lipinski definition) is 1. The summed E-state index contributed by atoms with van der Waals surface area (Å²) in [6, 6.07) is 0. The maximum absolute atomic E-state index is 10.3. The molecule has 0 aromatic rings. The van der Waals surface area contributed by atoms with Crippen molar-refractivity contribution in [1.82, 2.24) is 0 Å². The van der Waals surface area contributed by atoms with Gasteiger partial charge in [-0.15, -0.1) is 0 Å². The van der Waals surface area contributed by atoms with Gasteiger partial charge < -0.3 is 9.47 Å². The van der Waals surface area contributed by atoms with Gasteiger partial charge in [0.1, 0.15) is 6.42 Å². The van der Waals surface area contributed by atoms with Gasteiger partial charge >= 0.3 is 11.9 Å². The van der Waals surface area contributed by atoms with Gasteiger partial charge in [-0.1, -0.05) is 0 Å². The number of esters is 2. The van der Waals surface area contributed by atoms with E-state index in [0.717, 1.165) is 0 Å². The van der Waals surface area contributed by atoms with E-state index in [1.165, 1.54) is 14.2 Å². The Labute approximate surface area is 81.7 Å². The molecular weight excluding hydrogens is 216 g/mol. The van der Waals surface area contributed by atoms with Crippen LogP contribution in [-0.4, -0.2) is 45.4 Å². The molecule has 0 bridgehead atoms. The van der Waals surface area contributed by atoms with Crippen LogP contribution >= 0.6 is 0 Å². The minimum atomic E-state index is -3.67. The first-order valence-corrected chi connectivity index (χ1v) is 5.11. The van der Waals surface area contributed by atoms with Crippen LogP contribution in [-0.2, 0) is 29.2 Å². The van der Waals surface area contributed by atoms with Gasteiger partial charge in [0.25, 0.3) is 10.1 Å². The SMILES string of the molecule is COC(=O)CC(=O)OC.CS(=O)(=O)O. The average molecular weight is 228 g/mol. The molecule has 0 radical (unpaired) electrons. The van der Waals surface area contributed by atoms with Crippen LogP contribution in [0.15, 0.2) is 0 Å². The maximum Gasteiger partial charge on any atom is 0.316 e. The lowest BCUT2D eigenvalue weighted by molar-refractivity contribution is -0.151. The van der Waals surface area contributed by atoms with E-state index in [-0.39, 0.29) is 6.42 Å². The summed E-state index contributed by atoms with van der Waals surface area (Å²) >= 11 is 0. The van der Waals surface area contributed by atoms with Gasteiger partial charge in [-0.3, -0.25) is 14.1 Å². The lowest BCUT2D eigenvalue weighted by Gasteiger charge is -1.95. The van der Waals surface area contributed by atoms with Crippen molar-refractivity contribution in [2.24, 2.45) is 0 Å². The van der Waals surface area contributed by atoms with E-state index < -0.39 is 22.1 Å². The molecule has 0 amide bonds. The first kappa shape index (κ1) is 15.3. The minimum Gasteiger partial charge on any atom is -0.469 e. The molecule has 0 atom stereocenters. The molecule has 0 spiro atoms. The monoisotopic (exact) mass is 228 g/mol. The second-order valence-electron chi connectivity index (χ2n) is 2.06. The second kappa shape index (κ2) is 7.27. The molecule has 0 aromatic carbocycles. The Morgan fingerprint density at radius 1 is 1.14 bits per heavy atom. The first-order chi connectivity index (χ1) is 6.20. The molecule has 1 N–H and O–H groups in total. The second-order valence-corrected chi connectivity index (χ2v) is 3.53. The highest BCUT2D eigenvalue weighted by atomic mass is 32.2. The topological polar surface area (TPSA) is 107 Å². The lowest BCUT2D eigenvalue weighted by atomic mass is 10.4. The Bertz CT molecular complexity index is 257. The van der Waals surface area contributed by atoms with Gasteiger partial charge in [-0.05, 0) is 0 Å². The predicted molar refractivity (Wildman–Crippen MR) is 46.1 cm³/mol. The van der Waals surface area contributed by atoms with Gasteiger partial charge in [0.15, 0.2) is 0 Å². The van der Waals surface area contributed by atoms with Crippen LogP contribution in [0.3, 0.4) is 0 Å². The fourth-order valence-electron chi connectivity index (χ4n) is 0.262. The summed E-state index contributed by atoms with van der Waals surface area (Å²) < 4.78 is 34.2.